The highest BCUT2D eigenvalue weighted by Crippen LogP contribution is 2.31. The van der Waals surface area contributed by atoms with Crippen LogP contribution >= 0.6 is 0 Å². The van der Waals surface area contributed by atoms with E-state index in [4.69, 9.17) is 13.7 Å². The van der Waals surface area contributed by atoms with Crippen LogP contribution in [0.25, 0.3) is 33.8 Å². The zero-order valence-electron chi connectivity index (χ0n) is 18.9. The van der Waals surface area contributed by atoms with Crippen LogP contribution in [0.1, 0.15) is 23.2 Å². The van der Waals surface area contributed by atoms with Crippen molar-refractivity contribution in [2.75, 3.05) is 34.3 Å². The van der Waals surface area contributed by atoms with Gasteiger partial charge in [-0.3, -0.25) is 4.79 Å². The van der Waals surface area contributed by atoms with Crippen molar-refractivity contribution in [3.05, 3.63) is 54.3 Å². The standard InChI is InChI=1S/C25H26N4O4/c1-28(2)18-9-11-29(12-10-18)25(30)17-7-8-22-20(14-17)23(27-33-22)21-15-32-24(26-21)16-5-4-6-19(13-16)31-3/h4-8,13-15,18H,9-12H2,1-3H3. The average molecular weight is 447 g/mol. The van der Waals surface area contributed by atoms with E-state index in [9.17, 15) is 4.79 Å². The highest BCUT2D eigenvalue weighted by atomic mass is 16.5. The molecular weight excluding hydrogens is 420 g/mol. The molecule has 0 saturated carbocycles. The fourth-order valence-corrected chi connectivity index (χ4v) is 4.30. The molecule has 0 spiro atoms. The number of hydrogen-bond acceptors (Lipinski definition) is 7. The second-order valence-electron chi connectivity index (χ2n) is 8.50. The van der Waals surface area contributed by atoms with Gasteiger partial charge in [-0.25, -0.2) is 4.98 Å². The van der Waals surface area contributed by atoms with Gasteiger partial charge in [0, 0.05) is 30.3 Å². The van der Waals surface area contributed by atoms with Gasteiger partial charge in [-0.2, -0.15) is 0 Å². The largest absolute Gasteiger partial charge is 0.497 e. The normalized spacial score (nSPS) is 14.8. The third-order valence-corrected chi connectivity index (χ3v) is 6.26. The quantitative estimate of drug-likeness (QED) is 0.451. The molecule has 1 saturated heterocycles. The van der Waals surface area contributed by atoms with Crippen LogP contribution in [0.5, 0.6) is 5.75 Å². The second kappa shape index (κ2) is 8.71. The summed E-state index contributed by atoms with van der Waals surface area (Å²) in [7, 11) is 5.80. The number of aromatic nitrogens is 2. The SMILES string of the molecule is COc1cccc(-c2nc(-c3noc4ccc(C(=O)N5CCC(N(C)C)CC5)cc34)co2)c1. The Hall–Kier alpha value is -3.65. The van der Waals surface area contributed by atoms with Gasteiger partial charge < -0.3 is 23.5 Å². The lowest BCUT2D eigenvalue weighted by Gasteiger charge is -2.35. The minimum Gasteiger partial charge on any atom is -0.497 e. The van der Waals surface area contributed by atoms with Crippen molar-refractivity contribution in [3.8, 4) is 28.6 Å². The summed E-state index contributed by atoms with van der Waals surface area (Å²) in [6, 6.07) is 13.4. The number of ether oxygens (including phenoxy) is 1. The number of carbonyl (C=O) groups is 1. The summed E-state index contributed by atoms with van der Waals surface area (Å²) in [4.78, 5) is 21.9. The van der Waals surface area contributed by atoms with Crippen LogP contribution in [-0.2, 0) is 0 Å². The maximum Gasteiger partial charge on any atom is 0.253 e. The molecule has 170 valence electrons. The Morgan fingerprint density at radius 2 is 1.97 bits per heavy atom. The molecule has 0 N–H and O–H groups in total. The molecule has 2 aromatic carbocycles. The molecule has 0 bridgehead atoms. The van der Waals surface area contributed by atoms with Crippen molar-refractivity contribution in [1.82, 2.24) is 19.9 Å². The molecule has 1 amide bonds. The predicted octanol–water partition coefficient (Wildman–Crippen LogP) is 4.32. The Balaban J connectivity index is 1.41. The summed E-state index contributed by atoms with van der Waals surface area (Å²) in [6.07, 6.45) is 3.50. The molecule has 1 fully saturated rings. The van der Waals surface area contributed by atoms with Crippen LogP contribution < -0.4 is 4.74 Å². The molecule has 5 rings (SSSR count). The van der Waals surface area contributed by atoms with Gasteiger partial charge in [0.2, 0.25) is 5.89 Å². The van der Waals surface area contributed by atoms with Crippen molar-refractivity contribution >= 4 is 16.9 Å². The molecule has 0 aliphatic carbocycles. The highest BCUT2D eigenvalue weighted by Gasteiger charge is 2.25. The lowest BCUT2D eigenvalue weighted by molar-refractivity contribution is 0.0663. The zero-order valence-corrected chi connectivity index (χ0v) is 18.9. The van der Waals surface area contributed by atoms with Crippen molar-refractivity contribution < 1.29 is 18.5 Å². The number of amides is 1. The number of methoxy groups -OCH3 is 1. The van der Waals surface area contributed by atoms with Crippen LogP contribution in [-0.4, -0.2) is 66.2 Å². The van der Waals surface area contributed by atoms with E-state index in [2.05, 4.69) is 29.1 Å². The number of rotatable bonds is 5. The fourth-order valence-electron chi connectivity index (χ4n) is 4.30. The Morgan fingerprint density at radius 3 is 2.73 bits per heavy atom. The van der Waals surface area contributed by atoms with Gasteiger partial charge in [-0.05, 0) is 63.3 Å². The molecule has 4 aromatic rings. The van der Waals surface area contributed by atoms with E-state index >= 15 is 0 Å². The van der Waals surface area contributed by atoms with Crippen LogP contribution in [0.3, 0.4) is 0 Å². The number of fused-ring (bicyclic) bond motifs is 1. The molecule has 0 unspecified atom stereocenters. The molecule has 0 atom stereocenters. The van der Waals surface area contributed by atoms with Gasteiger partial charge in [0.05, 0.1) is 12.5 Å². The Bertz CT molecular complexity index is 1280. The third kappa shape index (κ3) is 4.09. The molecule has 33 heavy (non-hydrogen) atoms. The molecular formula is C25H26N4O4. The summed E-state index contributed by atoms with van der Waals surface area (Å²) in [5.41, 5.74) is 3.10. The number of nitrogens with zero attached hydrogens (tertiary/aromatic N) is 4. The molecule has 0 radical (unpaired) electrons. The highest BCUT2D eigenvalue weighted by molar-refractivity contribution is 6.00. The third-order valence-electron chi connectivity index (χ3n) is 6.26. The van der Waals surface area contributed by atoms with Gasteiger partial charge >= 0.3 is 0 Å². The van der Waals surface area contributed by atoms with Crippen LogP contribution in [0, 0.1) is 0 Å². The van der Waals surface area contributed by atoms with E-state index in [1.807, 2.05) is 35.2 Å². The lowest BCUT2D eigenvalue weighted by atomic mass is 10.0. The van der Waals surface area contributed by atoms with Crippen LogP contribution in [0.15, 0.2) is 57.7 Å². The zero-order chi connectivity index (χ0) is 22.9. The molecule has 8 heteroatoms. The first kappa shape index (κ1) is 21.2. The van der Waals surface area contributed by atoms with Gasteiger partial charge in [0.25, 0.3) is 5.91 Å². The van der Waals surface area contributed by atoms with Crippen molar-refractivity contribution in [1.29, 1.82) is 0 Å². The molecule has 1 aliphatic heterocycles. The average Bonchev–Trinajstić information content (AvgIpc) is 3.50. The maximum absolute atomic E-state index is 13.2. The topological polar surface area (TPSA) is 84.8 Å². The summed E-state index contributed by atoms with van der Waals surface area (Å²) in [6.45, 7) is 1.51. The summed E-state index contributed by atoms with van der Waals surface area (Å²) in [5.74, 6) is 1.20. The summed E-state index contributed by atoms with van der Waals surface area (Å²) < 4.78 is 16.5. The first-order valence-corrected chi connectivity index (χ1v) is 11.0. The molecule has 1 aliphatic rings. The molecule has 3 heterocycles. The predicted molar refractivity (Wildman–Crippen MR) is 124 cm³/mol. The summed E-state index contributed by atoms with van der Waals surface area (Å²) in [5, 5.41) is 4.93. The number of hydrogen-bond donors (Lipinski definition) is 0. The van der Waals surface area contributed by atoms with Crippen molar-refractivity contribution in [2.24, 2.45) is 0 Å². The smallest absolute Gasteiger partial charge is 0.253 e. The van der Waals surface area contributed by atoms with E-state index in [0.717, 1.165) is 42.6 Å². The Labute approximate surface area is 191 Å². The van der Waals surface area contributed by atoms with E-state index in [1.165, 1.54) is 0 Å². The van der Waals surface area contributed by atoms with Crippen molar-refractivity contribution in [2.45, 2.75) is 18.9 Å². The minimum absolute atomic E-state index is 0.0264. The minimum atomic E-state index is 0.0264. The second-order valence-corrected chi connectivity index (χ2v) is 8.50. The van der Waals surface area contributed by atoms with Crippen LogP contribution in [0.4, 0.5) is 0 Å². The monoisotopic (exact) mass is 446 g/mol. The Morgan fingerprint density at radius 1 is 1.15 bits per heavy atom. The van der Waals surface area contributed by atoms with Gasteiger partial charge in [-0.1, -0.05) is 11.2 Å². The first-order chi connectivity index (χ1) is 16.0. The van der Waals surface area contributed by atoms with Gasteiger partial charge in [0.1, 0.15) is 23.4 Å². The van der Waals surface area contributed by atoms with E-state index in [-0.39, 0.29) is 5.91 Å². The molecule has 2 aromatic heterocycles. The molecule has 8 nitrogen and oxygen atoms in total. The Kier molecular flexibility index (Phi) is 5.60. The number of oxazole rings is 1. The number of carbonyl (C=O) groups excluding carboxylic acids is 1. The number of likely N-dealkylation sites (tertiary alicyclic amines) is 1. The van der Waals surface area contributed by atoms with E-state index < -0.39 is 0 Å². The van der Waals surface area contributed by atoms with E-state index in [1.54, 1.807) is 25.5 Å². The van der Waals surface area contributed by atoms with Gasteiger partial charge in [-0.15, -0.1) is 0 Å². The lowest BCUT2D eigenvalue weighted by Crippen LogP contribution is -2.44. The maximum atomic E-state index is 13.2. The summed E-state index contributed by atoms with van der Waals surface area (Å²) >= 11 is 0. The van der Waals surface area contributed by atoms with Gasteiger partial charge in [0.15, 0.2) is 5.58 Å². The van der Waals surface area contributed by atoms with E-state index in [0.29, 0.717) is 34.5 Å². The number of piperidine rings is 1. The number of benzene rings is 2. The van der Waals surface area contributed by atoms with Crippen LogP contribution in [0.2, 0.25) is 0 Å². The fraction of sp³-hybridized carbons (Fsp3) is 0.320. The first-order valence-electron chi connectivity index (χ1n) is 11.0. The van der Waals surface area contributed by atoms with Crippen molar-refractivity contribution in [3.63, 3.8) is 0 Å².